The molecule has 0 radical (unpaired) electrons. The van der Waals surface area contributed by atoms with Crippen LogP contribution in [0.3, 0.4) is 0 Å². The fourth-order valence-corrected chi connectivity index (χ4v) is 0.491. The molecule has 2 N–H and O–H groups in total. The highest BCUT2D eigenvalue weighted by Gasteiger charge is 1.99. The normalized spacial score (nSPS) is 8.56. The average Bonchev–Trinajstić information content (AvgIpc) is 1.83. The Bertz CT molecular complexity index is 125. The van der Waals surface area contributed by atoms with E-state index in [9.17, 15) is 9.59 Å². The molecule has 5 heteroatoms. The summed E-state index contributed by atoms with van der Waals surface area (Å²) in [6.45, 7) is -0.290. The Morgan fingerprint density at radius 3 is 2.44 bits per heavy atom. The number of rotatable bonds is 3. The Balaban J connectivity index is 3.28. The van der Waals surface area contributed by atoms with E-state index in [0.29, 0.717) is 4.43 Å². The Labute approximate surface area is 65.8 Å². The summed E-state index contributed by atoms with van der Waals surface area (Å²) >= 11 is 1.86. The molecule has 0 aromatic rings. The molecule has 0 atom stereocenters. The molecular weight excluding hydrogens is 237 g/mol. The van der Waals surface area contributed by atoms with Gasteiger partial charge in [0.25, 0.3) is 0 Å². The van der Waals surface area contributed by atoms with E-state index in [0.717, 1.165) is 0 Å². The van der Waals surface area contributed by atoms with E-state index in [1.807, 2.05) is 22.6 Å². The first-order valence-corrected chi connectivity index (χ1v) is 3.74. The molecule has 0 heterocycles. The molecule has 0 spiro atoms. The summed E-state index contributed by atoms with van der Waals surface area (Å²) in [5, 5.41) is 10.2. The Morgan fingerprint density at radius 1 is 1.56 bits per heavy atom. The molecule has 1 amide bonds. The van der Waals surface area contributed by atoms with Crippen LogP contribution < -0.4 is 5.32 Å². The van der Waals surface area contributed by atoms with Crippen LogP contribution in [0.2, 0.25) is 0 Å². The first-order chi connectivity index (χ1) is 4.16. The number of aliphatic carboxylic acids is 1. The second-order valence-corrected chi connectivity index (χ2v) is 2.07. The number of halogens is 1. The number of carbonyl (C=O) groups excluding carboxylic acids is 1. The van der Waals surface area contributed by atoms with E-state index in [-0.39, 0.29) is 12.5 Å². The molecule has 0 aromatic heterocycles. The lowest BCUT2D eigenvalue weighted by Crippen LogP contribution is -2.29. The lowest BCUT2D eigenvalue weighted by Gasteiger charge is -1.95. The zero-order chi connectivity index (χ0) is 7.28. The van der Waals surface area contributed by atoms with Gasteiger partial charge in [0.05, 0.1) is 4.43 Å². The van der Waals surface area contributed by atoms with E-state index >= 15 is 0 Å². The third-order valence-electron chi connectivity index (χ3n) is 0.558. The highest BCUT2D eigenvalue weighted by atomic mass is 127. The summed E-state index contributed by atoms with van der Waals surface area (Å²) in [6, 6.07) is 0. The molecule has 0 rings (SSSR count). The van der Waals surface area contributed by atoms with Crippen molar-refractivity contribution < 1.29 is 14.7 Å². The molecule has 0 aliphatic carbocycles. The highest BCUT2D eigenvalue weighted by Crippen LogP contribution is 1.77. The SMILES string of the molecule is O=C(O)CNC(=O)CI. The van der Waals surface area contributed by atoms with Crippen molar-refractivity contribution in [2.75, 3.05) is 11.0 Å². The van der Waals surface area contributed by atoms with E-state index in [4.69, 9.17) is 5.11 Å². The van der Waals surface area contributed by atoms with Crippen LogP contribution in [-0.2, 0) is 9.59 Å². The average molecular weight is 243 g/mol. The van der Waals surface area contributed by atoms with Crippen LogP contribution in [0.5, 0.6) is 0 Å². The zero-order valence-corrected chi connectivity index (χ0v) is 6.71. The molecule has 4 nitrogen and oxygen atoms in total. The first kappa shape index (κ1) is 8.67. The fourth-order valence-electron chi connectivity index (χ4n) is 0.221. The maximum absolute atomic E-state index is 10.3. The molecule has 52 valence electrons. The standard InChI is InChI=1S/C4H6INO3/c5-1-3(7)6-2-4(8)9/h1-2H2,(H,6,7)(H,8,9). The molecular formula is C4H6INO3. The summed E-state index contributed by atoms with van der Waals surface area (Å²) in [5.74, 6) is -1.27. The minimum absolute atomic E-state index is 0.252. The van der Waals surface area contributed by atoms with Crippen LogP contribution >= 0.6 is 22.6 Å². The van der Waals surface area contributed by atoms with Gasteiger partial charge in [-0.2, -0.15) is 0 Å². The Hall–Kier alpha value is -0.330. The molecule has 0 fully saturated rings. The van der Waals surface area contributed by atoms with Gasteiger partial charge in [-0.15, -0.1) is 0 Å². The molecule has 0 aliphatic heterocycles. The van der Waals surface area contributed by atoms with Crippen LogP contribution in [0.15, 0.2) is 0 Å². The van der Waals surface area contributed by atoms with Gasteiger partial charge in [0, 0.05) is 0 Å². The van der Waals surface area contributed by atoms with E-state index in [2.05, 4.69) is 5.32 Å². The second kappa shape index (κ2) is 4.54. The molecule has 0 aromatic carbocycles. The predicted molar refractivity (Wildman–Crippen MR) is 39.5 cm³/mol. The van der Waals surface area contributed by atoms with Gasteiger partial charge in [-0.25, -0.2) is 0 Å². The number of carboxylic acid groups (broad SMARTS) is 1. The minimum atomic E-state index is -1.02. The number of amides is 1. The Kier molecular flexibility index (Phi) is 4.37. The maximum atomic E-state index is 10.3. The van der Waals surface area contributed by atoms with Crippen molar-refractivity contribution in [2.45, 2.75) is 0 Å². The molecule has 0 aliphatic rings. The lowest BCUT2D eigenvalue weighted by molar-refractivity contribution is -0.137. The number of hydrogen-bond donors (Lipinski definition) is 2. The zero-order valence-electron chi connectivity index (χ0n) is 4.56. The monoisotopic (exact) mass is 243 g/mol. The third-order valence-corrected chi connectivity index (χ3v) is 1.25. The molecule has 9 heavy (non-hydrogen) atoms. The topological polar surface area (TPSA) is 66.4 Å². The van der Waals surface area contributed by atoms with Gasteiger partial charge in [-0.3, -0.25) is 9.59 Å². The number of nitrogens with one attached hydrogen (secondary N) is 1. The van der Waals surface area contributed by atoms with E-state index in [1.54, 1.807) is 0 Å². The van der Waals surface area contributed by atoms with Gasteiger partial charge in [0.2, 0.25) is 5.91 Å². The Morgan fingerprint density at radius 2 is 2.11 bits per heavy atom. The summed E-state index contributed by atoms with van der Waals surface area (Å²) in [7, 11) is 0. The van der Waals surface area contributed by atoms with Crippen LogP contribution in [0.1, 0.15) is 0 Å². The van der Waals surface area contributed by atoms with Crippen LogP contribution in [0, 0.1) is 0 Å². The molecule has 0 saturated carbocycles. The van der Waals surface area contributed by atoms with Crippen molar-refractivity contribution in [2.24, 2.45) is 0 Å². The quantitative estimate of drug-likeness (QED) is 0.524. The summed E-state index contributed by atoms with van der Waals surface area (Å²) in [6.07, 6.45) is 0. The van der Waals surface area contributed by atoms with Crippen LogP contribution in [-0.4, -0.2) is 28.0 Å². The largest absolute Gasteiger partial charge is 0.480 e. The highest BCUT2D eigenvalue weighted by molar-refractivity contribution is 14.1. The summed E-state index contributed by atoms with van der Waals surface area (Å²) in [4.78, 5) is 20.1. The van der Waals surface area contributed by atoms with Gasteiger partial charge in [-0.1, -0.05) is 22.6 Å². The van der Waals surface area contributed by atoms with Crippen molar-refractivity contribution in [3.63, 3.8) is 0 Å². The van der Waals surface area contributed by atoms with Crippen LogP contribution in [0.25, 0.3) is 0 Å². The van der Waals surface area contributed by atoms with Crippen molar-refractivity contribution in [1.82, 2.24) is 5.32 Å². The van der Waals surface area contributed by atoms with E-state index < -0.39 is 5.97 Å². The lowest BCUT2D eigenvalue weighted by atomic mass is 10.6. The smallest absolute Gasteiger partial charge is 0.322 e. The predicted octanol–water partition coefficient (Wildman–Crippen LogP) is -0.378. The number of carbonyl (C=O) groups is 2. The van der Waals surface area contributed by atoms with Crippen LogP contribution in [0.4, 0.5) is 0 Å². The van der Waals surface area contributed by atoms with Gasteiger partial charge in [0.15, 0.2) is 0 Å². The van der Waals surface area contributed by atoms with Crippen molar-refractivity contribution in [3.05, 3.63) is 0 Å². The minimum Gasteiger partial charge on any atom is -0.480 e. The summed E-state index contributed by atoms with van der Waals surface area (Å²) in [5.41, 5.74) is 0. The summed E-state index contributed by atoms with van der Waals surface area (Å²) < 4.78 is 0.297. The van der Waals surface area contributed by atoms with E-state index in [1.165, 1.54) is 0 Å². The fraction of sp³-hybridized carbons (Fsp3) is 0.500. The van der Waals surface area contributed by atoms with Crippen molar-refractivity contribution in [1.29, 1.82) is 0 Å². The third kappa shape index (κ3) is 5.54. The molecule has 0 saturated heterocycles. The first-order valence-electron chi connectivity index (χ1n) is 2.21. The van der Waals surface area contributed by atoms with Crippen molar-refractivity contribution >= 4 is 34.5 Å². The number of hydrogen-bond acceptors (Lipinski definition) is 2. The molecule has 0 unspecified atom stereocenters. The maximum Gasteiger partial charge on any atom is 0.322 e. The second-order valence-electron chi connectivity index (χ2n) is 1.30. The molecule has 0 bridgehead atoms. The van der Waals surface area contributed by atoms with Gasteiger partial charge in [-0.05, 0) is 0 Å². The van der Waals surface area contributed by atoms with Gasteiger partial charge < -0.3 is 10.4 Å². The van der Waals surface area contributed by atoms with Crippen molar-refractivity contribution in [3.8, 4) is 0 Å². The number of alkyl halides is 1. The van der Waals surface area contributed by atoms with Gasteiger partial charge in [0.1, 0.15) is 6.54 Å². The number of carboxylic acids is 1. The van der Waals surface area contributed by atoms with Gasteiger partial charge >= 0.3 is 5.97 Å².